The molecule has 2 heteroatoms. The Bertz CT molecular complexity index is 1840. The molecule has 0 bridgehead atoms. The van der Waals surface area contributed by atoms with E-state index in [0.717, 1.165) is 57.4 Å². The average molecular weight is 523 g/mol. The number of aryl methyl sites for hydroxylation is 2. The summed E-state index contributed by atoms with van der Waals surface area (Å²) in [5.41, 5.74) is 6.87. The largest absolute Gasteiger partial charge is 0.456 e. The molecular formula is C38H34O2. The van der Waals surface area contributed by atoms with E-state index in [1.54, 1.807) is 0 Å². The smallest absolute Gasteiger partial charge is 0.135 e. The second-order valence-corrected chi connectivity index (χ2v) is 11.0. The topological polar surface area (TPSA) is 26.3 Å². The van der Waals surface area contributed by atoms with Crippen molar-refractivity contribution in [1.82, 2.24) is 0 Å². The Labute approximate surface area is 235 Å². The van der Waals surface area contributed by atoms with Crippen LogP contribution in [0.1, 0.15) is 50.7 Å². The first-order valence-electron chi connectivity index (χ1n) is 14.7. The van der Waals surface area contributed by atoms with Gasteiger partial charge in [0.05, 0.1) is 0 Å². The molecule has 5 aromatic carbocycles. The van der Waals surface area contributed by atoms with Gasteiger partial charge in [0, 0.05) is 21.9 Å². The molecule has 0 amide bonds. The minimum atomic E-state index is 0.926. The molecule has 198 valence electrons. The van der Waals surface area contributed by atoms with Crippen LogP contribution in [-0.4, -0.2) is 0 Å². The molecule has 0 spiro atoms. The Morgan fingerprint density at radius 1 is 0.450 bits per heavy atom. The Kier molecular flexibility index (Phi) is 6.40. The molecule has 0 atom stereocenters. The molecule has 2 heterocycles. The molecule has 0 saturated carbocycles. The van der Waals surface area contributed by atoms with Gasteiger partial charge in [-0.05, 0) is 94.8 Å². The summed E-state index contributed by atoms with van der Waals surface area (Å²) in [6.07, 6.45) is 7.03. The first kappa shape index (κ1) is 24.7. The van der Waals surface area contributed by atoms with Crippen molar-refractivity contribution >= 4 is 43.5 Å². The van der Waals surface area contributed by atoms with Crippen molar-refractivity contribution in [3.63, 3.8) is 0 Å². The second-order valence-electron chi connectivity index (χ2n) is 11.0. The summed E-state index contributed by atoms with van der Waals surface area (Å²) in [5, 5.41) is 7.22. The molecule has 0 aliphatic carbocycles. The lowest BCUT2D eigenvalue weighted by atomic mass is 9.97. The van der Waals surface area contributed by atoms with Crippen molar-refractivity contribution in [2.24, 2.45) is 0 Å². The summed E-state index contributed by atoms with van der Waals surface area (Å²) in [6, 6.07) is 35.1. The summed E-state index contributed by atoms with van der Waals surface area (Å²) in [5.74, 6) is 1.86. The van der Waals surface area contributed by atoms with Crippen molar-refractivity contribution in [2.45, 2.75) is 52.4 Å². The predicted octanol–water partition coefficient (Wildman–Crippen LogP) is 11.5. The van der Waals surface area contributed by atoms with E-state index in [4.69, 9.17) is 8.83 Å². The SMILES string of the molecule is CCCCc1cccc(-c2cc3c(ccc4c3ccc3c5cc(-c6cccc(CCCC)c6)oc5ccc34)o2)c1. The maximum Gasteiger partial charge on any atom is 0.135 e. The van der Waals surface area contributed by atoms with Gasteiger partial charge < -0.3 is 8.83 Å². The monoisotopic (exact) mass is 522 g/mol. The highest BCUT2D eigenvalue weighted by Crippen LogP contribution is 2.39. The molecule has 0 aliphatic rings. The molecular weight excluding hydrogens is 488 g/mol. The van der Waals surface area contributed by atoms with Gasteiger partial charge in [-0.1, -0.05) is 87.4 Å². The summed E-state index contributed by atoms with van der Waals surface area (Å²) < 4.78 is 12.8. The van der Waals surface area contributed by atoms with E-state index in [2.05, 4.69) is 111 Å². The predicted molar refractivity (Wildman–Crippen MR) is 169 cm³/mol. The molecule has 2 aromatic heterocycles. The minimum Gasteiger partial charge on any atom is -0.456 e. The molecule has 0 fully saturated rings. The maximum atomic E-state index is 6.38. The third kappa shape index (κ3) is 4.38. The first-order chi connectivity index (χ1) is 19.7. The number of hydrogen-bond acceptors (Lipinski definition) is 2. The summed E-state index contributed by atoms with van der Waals surface area (Å²) in [4.78, 5) is 0. The second kappa shape index (κ2) is 10.4. The van der Waals surface area contributed by atoms with Gasteiger partial charge in [0.1, 0.15) is 22.7 Å². The first-order valence-corrected chi connectivity index (χ1v) is 14.7. The molecule has 40 heavy (non-hydrogen) atoms. The summed E-state index contributed by atoms with van der Waals surface area (Å²) >= 11 is 0. The number of benzene rings is 5. The van der Waals surface area contributed by atoms with Crippen molar-refractivity contribution in [3.8, 4) is 22.6 Å². The Balaban J connectivity index is 1.31. The van der Waals surface area contributed by atoms with Crippen molar-refractivity contribution in [1.29, 1.82) is 0 Å². The number of unbranched alkanes of at least 4 members (excludes halogenated alkanes) is 2. The van der Waals surface area contributed by atoms with Crippen LogP contribution in [0.15, 0.2) is 106 Å². The molecule has 0 aliphatic heterocycles. The average Bonchev–Trinajstić information content (AvgIpc) is 3.64. The molecule has 0 radical (unpaired) electrons. The third-order valence-corrected chi connectivity index (χ3v) is 8.25. The van der Waals surface area contributed by atoms with E-state index in [9.17, 15) is 0 Å². The van der Waals surface area contributed by atoms with Crippen LogP contribution in [0.3, 0.4) is 0 Å². The van der Waals surface area contributed by atoms with Gasteiger partial charge in [-0.15, -0.1) is 0 Å². The summed E-state index contributed by atoms with van der Waals surface area (Å²) in [7, 11) is 0. The van der Waals surface area contributed by atoms with Crippen LogP contribution in [0.2, 0.25) is 0 Å². The highest BCUT2D eigenvalue weighted by Gasteiger charge is 2.15. The van der Waals surface area contributed by atoms with Crippen LogP contribution in [0.5, 0.6) is 0 Å². The quantitative estimate of drug-likeness (QED) is 0.186. The lowest BCUT2D eigenvalue weighted by Crippen LogP contribution is -1.85. The fourth-order valence-electron chi connectivity index (χ4n) is 6.07. The van der Waals surface area contributed by atoms with Gasteiger partial charge in [-0.2, -0.15) is 0 Å². The number of rotatable bonds is 8. The van der Waals surface area contributed by atoms with Crippen LogP contribution < -0.4 is 0 Å². The Morgan fingerprint density at radius 2 is 0.875 bits per heavy atom. The van der Waals surface area contributed by atoms with Gasteiger partial charge in [0.25, 0.3) is 0 Å². The van der Waals surface area contributed by atoms with E-state index < -0.39 is 0 Å². The van der Waals surface area contributed by atoms with Gasteiger partial charge in [-0.25, -0.2) is 0 Å². The number of furan rings is 2. The number of hydrogen-bond donors (Lipinski definition) is 0. The maximum absolute atomic E-state index is 6.38. The Hall–Kier alpha value is -4.30. The molecule has 0 saturated heterocycles. The fraction of sp³-hybridized carbons (Fsp3) is 0.211. The molecule has 0 N–H and O–H groups in total. The van der Waals surface area contributed by atoms with Crippen LogP contribution >= 0.6 is 0 Å². The molecule has 7 rings (SSSR count). The van der Waals surface area contributed by atoms with E-state index in [0.29, 0.717) is 0 Å². The fourth-order valence-corrected chi connectivity index (χ4v) is 6.07. The van der Waals surface area contributed by atoms with Crippen LogP contribution in [0.4, 0.5) is 0 Å². The zero-order valence-corrected chi connectivity index (χ0v) is 23.3. The van der Waals surface area contributed by atoms with Gasteiger partial charge in [0.15, 0.2) is 0 Å². The van der Waals surface area contributed by atoms with E-state index in [-0.39, 0.29) is 0 Å². The lowest BCUT2D eigenvalue weighted by Gasteiger charge is -2.05. The van der Waals surface area contributed by atoms with Gasteiger partial charge in [0.2, 0.25) is 0 Å². The highest BCUT2D eigenvalue weighted by molar-refractivity contribution is 6.21. The van der Waals surface area contributed by atoms with E-state index in [1.165, 1.54) is 58.4 Å². The van der Waals surface area contributed by atoms with E-state index >= 15 is 0 Å². The zero-order chi connectivity index (χ0) is 27.1. The highest BCUT2D eigenvalue weighted by atomic mass is 16.3. The van der Waals surface area contributed by atoms with Crippen molar-refractivity contribution < 1.29 is 8.83 Å². The minimum absolute atomic E-state index is 0.926. The van der Waals surface area contributed by atoms with Gasteiger partial charge in [-0.3, -0.25) is 0 Å². The van der Waals surface area contributed by atoms with E-state index in [1.807, 2.05) is 0 Å². The molecule has 7 aromatic rings. The van der Waals surface area contributed by atoms with Crippen LogP contribution in [-0.2, 0) is 12.8 Å². The molecule has 0 unspecified atom stereocenters. The van der Waals surface area contributed by atoms with Gasteiger partial charge >= 0.3 is 0 Å². The standard InChI is InChI=1S/C38H34O2/c1-3-5-9-25-11-7-13-27(21-25)37-23-33-31-15-16-32-30(29(31)17-19-35(33)39-37)18-20-36-34(32)24-38(40-36)28-14-8-12-26(22-28)10-6-4-2/h7-8,11-24H,3-6,9-10H2,1-2H3. The lowest BCUT2D eigenvalue weighted by molar-refractivity contribution is 0.631. The Morgan fingerprint density at radius 3 is 1.32 bits per heavy atom. The third-order valence-electron chi connectivity index (χ3n) is 8.25. The van der Waals surface area contributed by atoms with Crippen molar-refractivity contribution in [2.75, 3.05) is 0 Å². The molecule has 2 nitrogen and oxygen atoms in total. The number of fused-ring (bicyclic) bond motifs is 7. The summed E-state index contributed by atoms with van der Waals surface area (Å²) in [6.45, 7) is 4.48. The normalized spacial score (nSPS) is 11.8. The van der Waals surface area contributed by atoms with Crippen LogP contribution in [0.25, 0.3) is 66.1 Å². The van der Waals surface area contributed by atoms with Crippen molar-refractivity contribution in [3.05, 3.63) is 108 Å². The zero-order valence-electron chi connectivity index (χ0n) is 23.3. The van der Waals surface area contributed by atoms with Crippen LogP contribution in [0, 0.1) is 0 Å².